The molecular weight excluding hydrogens is 286 g/mol. The summed E-state index contributed by atoms with van der Waals surface area (Å²) in [6.45, 7) is 8.16. The standard InChI is InChI=1S/C16H17NOS2/c1-10-5-11(2)8-14(7-10)20(18)15-9-12(3)6-13(4)16(15)19-17-20/h5-9H,1-4H3. The number of hydrogen-bond acceptors (Lipinski definition) is 3. The Labute approximate surface area is 124 Å². The van der Waals surface area contributed by atoms with E-state index < -0.39 is 9.73 Å². The molecule has 2 nitrogen and oxygen atoms in total. The summed E-state index contributed by atoms with van der Waals surface area (Å²) in [5, 5.41) is 0. The van der Waals surface area contributed by atoms with E-state index in [4.69, 9.17) is 0 Å². The highest BCUT2D eigenvalue weighted by Crippen LogP contribution is 2.44. The van der Waals surface area contributed by atoms with E-state index in [0.717, 1.165) is 36.9 Å². The van der Waals surface area contributed by atoms with Gasteiger partial charge in [0.15, 0.2) is 0 Å². The van der Waals surface area contributed by atoms with Crippen LogP contribution in [0, 0.1) is 27.7 Å². The van der Waals surface area contributed by atoms with Crippen molar-refractivity contribution >= 4 is 21.7 Å². The summed E-state index contributed by atoms with van der Waals surface area (Å²) in [6.07, 6.45) is 0. The van der Waals surface area contributed by atoms with Gasteiger partial charge in [0.25, 0.3) is 0 Å². The number of hydrogen-bond donors (Lipinski definition) is 0. The van der Waals surface area contributed by atoms with E-state index in [0.29, 0.717) is 0 Å². The molecule has 1 atom stereocenters. The normalized spacial score (nSPS) is 20.6. The largest absolute Gasteiger partial charge is 0.239 e. The third-order valence-corrected chi connectivity index (χ3v) is 7.22. The molecule has 1 heterocycles. The Morgan fingerprint density at radius 2 is 1.50 bits per heavy atom. The van der Waals surface area contributed by atoms with Crippen LogP contribution in [-0.4, -0.2) is 4.21 Å². The maximum absolute atomic E-state index is 13.4. The van der Waals surface area contributed by atoms with Gasteiger partial charge in [-0.15, -0.1) is 0 Å². The lowest BCUT2D eigenvalue weighted by molar-refractivity contribution is 0.676. The number of nitrogens with zero attached hydrogens (tertiary/aromatic N) is 1. The molecule has 0 N–H and O–H groups in total. The zero-order chi connectivity index (χ0) is 14.5. The van der Waals surface area contributed by atoms with Crippen molar-refractivity contribution in [2.45, 2.75) is 42.4 Å². The second-order valence-electron chi connectivity index (χ2n) is 5.42. The Balaban J connectivity index is 2.30. The molecule has 0 bridgehead atoms. The highest BCUT2D eigenvalue weighted by Gasteiger charge is 2.27. The van der Waals surface area contributed by atoms with E-state index in [2.05, 4.69) is 22.8 Å². The summed E-state index contributed by atoms with van der Waals surface area (Å²) in [5.74, 6) is 0. The quantitative estimate of drug-likeness (QED) is 0.706. The van der Waals surface area contributed by atoms with Gasteiger partial charge in [-0.2, -0.15) is 3.77 Å². The molecule has 2 aromatic rings. The fraction of sp³-hybridized carbons (Fsp3) is 0.250. The SMILES string of the molecule is Cc1cc(C)cc(S2(=O)=NSc3c(C)cc(C)cc32)c1. The molecular formula is C16H17NOS2. The Hall–Kier alpha value is -1.26. The van der Waals surface area contributed by atoms with Crippen molar-refractivity contribution < 1.29 is 4.21 Å². The van der Waals surface area contributed by atoms with Crippen molar-refractivity contribution in [2.24, 2.45) is 3.77 Å². The first-order valence-electron chi connectivity index (χ1n) is 6.53. The van der Waals surface area contributed by atoms with Gasteiger partial charge in [0, 0.05) is 11.9 Å². The average Bonchev–Trinajstić information content (AvgIpc) is 2.68. The average molecular weight is 303 g/mol. The molecule has 0 radical (unpaired) electrons. The van der Waals surface area contributed by atoms with Crippen LogP contribution in [-0.2, 0) is 9.73 Å². The van der Waals surface area contributed by atoms with Crippen molar-refractivity contribution in [3.8, 4) is 0 Å². The molecule has 104 valence electrons. The highest BCUT2D eigenvalue weighted by molar-refractivity contribution is 8.10. The van der Waals surface area contributed by atoms with Crippen LogP contribution in [0.2, 0.25) is 0 Å². The summed E-state index contributed by atoms with van der Waals surface area (Å²) in [4.78, 5) is 2.76. The fourth-order valence-electron chi connectivity index (χ4n) is 2.63. The number of aryl methyl sites for hydroxylation is 4. The summed E-state index contributed by atoms with van der Waals surface area (Å²) < 4.78 is 17.9. The van der Waals surface area contributed by atoms with Gasteiger partial charge in [-0.1, -0.05) is 12.1 Å². The minimum atomic E-state index is -2.49. The predicted octanol–water partition coefficient (Wildman–Crippen LogP) is 4.83. The molecule has 0 saturated heterocycles. The van der Waals surface area contributed by atoms with E-state index in [-0.39, 0.29) is 0 Å². The van der Waals surface area contributed by atoms with Gasteiger partial charge >= 0.3 is 0 Å². The lowest BCUT2D eigenvalue weighted by Crippen LogP contribution is -2.01. The van der Waals surface area contributed by atoms with Crippen LogP contribution >= 0.6 is 11.9 Å². The van der Waals surface area contributed by atoms with Crippen LogP contribution in [0.5, 0.6) is 0 Å². The molecule has 1 aliphatic rings. The van der Waals surface area contributed by atoms with Crippen molar-refractivity contribution in [1.82, 2.24) is 0 Å². The molecule has 1 unspecified atom stereocenters. The van der Waals surface area contributed by atoms with Crippen molar-refractivity contribution in [3.05, 3.63) is 52.6 Å². The minimum Gasteiger partial charge on any atom is -0.239 e. The second-order valence-corrected chi connectivity index (χ2v) is 8.57. The molecule has 20 heavy (non-hydrogen) atoms. The van der Waals surface area contributed by atoms with E-state index in [9.17, 15) is 4.21 Å². The zero-order valence-corrected chi connectivity index (χ0v) is 13.7. The predicted molar refractivity (Wildman–Crippen MR) is 84.8 cm³/mol. The van der Waals surface area contributed by atoms with Gasteiger partial charge in [-0.3, -0.25) is 0 Å². The van der Waals surface area contributed by atoms with Crippen LogP contribution in [0.25, 0.3) is 0 Å². The molecule has 0 amide bonds. The van der Waals surface area contributed by atoms with Crippen LogP contribution in [0.3, 0.4) is 0 Å². The molecule has 0 spiro atoms. The Morgan fingerprint density at radius 3 is 2.15 bits per heavy atom. The van der Waals surface area contributed by atoms with Crippen LogP contribution in [0.4, 0.5) is 0 Å². The molecule has 2 aromatic carbocycles. The summed E-state index contributed by atoms with van der Waals surface area (Å²) >= 11 is 1.37. The smallest absolute Gasteiger partial charge is 0.116 e. The van der Waals surface area contributed by atoms with E-state index >= 15 is 0 Å². The molecule has 3 rings (SSSR count). The monoisotopic (exact) mass is 303 g/mol. The highest BCUT2D eigenvalue weighted by atomic mass is 32.2. The van der Waals surface area contributed by atoms with E-state index in [1.807, 2.05) is 39.0 Å². The van der Waals surface area contributed by atoms with Crippen molar-refractivity contribution in [1.29, 1.82) is 0 Å². The van der Waals surface area contributed by atoms with Crippen molar-refractivity contribution in [3.63, 3.8) is 0 Å². The van der Waals surface area contributed by atoms with Crippen LogP contribution in [0.15, 0.2) is 48.8 Å². The van der Waals surface area contributed by atoms with E-state index in [1.165, 1.54) is 11.9 Å². The van der Waals surface area contributed by atoms with Gasteiger partial charge in [-0.25, -0.2) is 4.21 Å². The maximum atomic E-state index is 13.4. The lowest BCUT2D eigenvalue weighted by atomic mass is 10.2. The molecule has 0 fully saturated rings. The topological polar surface area (TPSA) is 29.4 Å². The second kappa shape index (κ2) is 4.64. The van der Waals surface area contributed by atoms with E-state index in [1.54, 1.807) is 0 Å². The fourth-order valence-corrected chi connectivity index (χ4v) is 6.52. The first-order chi connectivity index (χ1) is 9.40. The molecule has 1 aliphatic heterocycles. The first kappa shape index (κ1) is 13.7. The maximum Gasteiger partial charge on any atom is 0.116 e. The summed E-state index contributed by atoms with van der Waals surface area (Å²) in [7, 11) is -2.49. The van der Waals surface area contributed by atoms with Gasteiger partial charge in [0.05, 0.1) is 14.7 Å². The molecule has 0 aliphatic carbocycles. The van der Waals surface area contributed by atoms with Gasteiger partial charge in [0.2, 0.25) is 0 Å². The van der Waals surface area contributed by atoms with Crippen LogP contribution < -0.4 is 0 Å². The lowest BCUT2D eigenvalue weighted by Gasteiger charge is -2.10. The van der Waals surface area contributed by atoms with Gasteiger partial charge in [0.1, 0.15) is 9.73 Å². The number of fused-ring (bicyclic) bond motifs is 1. The zero-order valence-electron chi connectivity index (χ0n) is 12.1. The number of benzene rings is 2. The third-order valence-electron chi connectivity index (χ3n) is 3.43. The van der Waals surface area contributed by atoms with Crippen LogP contribution in [0.1, 0.15) is 22.3 Å². The molecule has 0 saturated carbocycles. The first-order valence-corrected chi connectivity index (χ1v) is 8.82. The minimum absolute atomic E-state index is 0.825. The Morgan fingerprint density at radius 1 is 0.900 bits per heavy atom. The van der Waals surface area contributed by atoms with Gasteiger partial charge in [-0.05, 0) is 68.1 Å². The third kappa shape index (κ3) is 2.07. The molecule has 0 aromatic heterocycles. The molecule has 4 heteroatoms. The summed E-state index contributed by atoms with van der Waals surface area (Å²) in [6, 6.07) is 10.2. The summed E-state index contributed by atoms with van der Waals surface area (Å²) in [5.41, 5.74) is 4.54. The Bertz CT molecular complexity index is 810. The Kier molecular flexibility index (Phi) is 3.18. The van der Waals surface area contributed by atoms with Crippen molar-refractivity contribution in [2.75, 3.05) is 0 Å². The number of rotatable bonds is 1. The van der Waals surface area contributed by atoms with Gasteiger partial charge < -0.3 is 0 Å².